The second-order valence-electron chi connectivity index (χ2n) is 8.12. The summed E-state index contributed by atoms with van der Waals surface area (Å²) in [6.45, 7) is 5.13. The zero-order valence-corrected chi connectivity index (χ0v) is 20.8. The molecule has 3 aromatic rings. The normalized spacial score (nSPS) is 11.0. The first-order valence-corrected chi connectivity index (χ1v) is 12.0. The summed E-state index contributed by atoms with van der Waals surface area (Å²) in [7, 11) is 1.56. The van der Waals surface area contributed by atoms with Crippen molar-refractivity contribution in [3.8, 4) is 17.2 Å². The number of ether oxygens (including phenoxy) is 3. The van der Waals surface area contributed by atoms with E-state index in [1.54, 1.807) is 37.5 Å². The summed E-state index contributed by atoms with van der Waals surface area (Å²) in [5, 5.41) is 3.19. The minimum Gasteiger partial charge on any atom is -0.493 e. The van der Waals surface area contributed by atoms with E-state index in [-0.39, 0.29) is 16.9 Å². The monoisotopic (exact) mass is 493 g/mol. The van der Waals surface area contributed by atoms with E-state index < -0.39 is 17.5 Å². The van der Waals surface area contributed by atoms with E-state index in [1.165, 1.54) is 18.2 Å². The van der Waals surface area contributed by atoms with Gasteiger partial charge < -0.3 is 23.9 Å². The minimum atomic E-state index is -0.758. The van der Waals surface area contributed by atoms with Crippen molar-refractivity contribution in [3.63, 3.8) is 0 Å². The number of rotatable bonds is 12. The highest BCUT2D eigenvalue weighted by molar-refractivity contribution is 5.97. The SMILES string of the molecule is CCCCCOc1ccc(/C=C/C(=O)Oc2ccc3cc(C(=O)NCCC)c(=O)oc3c2)cc1OC. The van der Waals surface area contributed by atoms with Crippen LogP contribution in [0.3, 0.4) is 0 Å². The summed E-state index contributed by atoms with van der Waals surface area (Å²) in [5.41, 5.74) is 0.117. The van der Waals surface area contributed by atoms with Crippen LogP contribution in [-0.2, 0) is 4.79 Å². The summed E-state index contributed by atoms with van der Waals surface area (Å²) in [6, 6.07) is 11.5. The van der Waals surface area contributed by atoms with Crippen molar-refractivity contribution in [2.24, 2.45) is 0 Å². The number of methoxy groups -OCH3 is 1. The van der Waals surface area contributed by atoms with E-state index in [0.717, 1.165) is 31.2 Å². The fourth-order valence-electron chi connectivity index (χ4n) is 3.40. The first-order valence-electron chi connectivity index (χ1n) is 12.0. The molecular weight excluding hydrogens is 462 g/mol. The van der Waals surface area contributed by atoms with Crippen molar-refractivity contribution in [2.75, 3.05) is 20.3 Å². The molecule has 8 nitrogen and oxygen atoms in total. The van der Waals surface area contributed by atoms with Crippen molar-refractivity contribution >= 4 is 28.9 Å². The maximum Gasteiger partial charge on any atom is 0.349 e. The highest BCUT2D eigenvalue weighted by Crippen LogP contribution is 2.29. The topological polar surface area (TPSA) is 104 Å². The van der Waals surface area contributed by atoms with Gasteiger partial charge in [0.25, 0.3) is 5.91 Å². The van der Waals surface area contributed by atoms with Crippen LogP contribution in [-0.4, -0.2) is 32.1 Å². The average Bonchev–Trinajstić information content (AvgIpc) is 2.88. The molecule has 1 heterocycles. The molecule has 0 atom stereocenters. The highest BCUT2D eigenvalue weighted by Gasteiger charge is 2.14. The Bertz CT molecular complexity index is 1290. The van der Waals surface area contributed by atoms with Gasteiger partial charge in [-0.2, -0.15) is 0 Å². The molecule has 36 heavy (non-hydrogen) atoms. The van der Waals surface area contributed by atoms with Crippen molar-refractivity contribution in [1.29, 1.82) is 0 Å². The van der Waals surface area contributed by atoms with Gasteiger partial charge >= 0.3 is 11.6 Å². The van der Waals surface area contributed by atoms with Crippen LogP contribution in [0, 0.1) is 0 Å². The molecule has 0 unspecified atom stereocenters. The maximum atomic E-state index is 12.3. The van der Waals surface area contributed by atoms with Gasteiger partial charge in [-0.1, -0.05) is 32.8 Å². The fraction of sp³-hybridized carbons (Fsp3) is 0.321. The summed E-state index contributed by atoms with van der Waals surface area (Å²) < 4.78 is 21.8. The second-order valence-corrected chi connectivity index (χ2v) is 8.12. The third kappa shape index (κ3) is 7.21. The Hall–Kier alpha value is -4.07. The van der Waals surface area contributed by atoms with Gasteiger partial charge in [-0.25, -0.2) is 9.59 Å². The number of hydrogen-bond donors (Lipinski definition) is 1. The number of carbonyl (C=O) groups is 2. The van der Waals surface area contributed by atoms with E-state index in [1.807, 2.05) is 13.0 Å². The van der Waals surface area contributed by atoms with Crippen molar-refractivity contribution in [1.82, 2.24) is 5.32 Å². The molecule has 0 spiro atoms. The largest absolute Gasteiger partial charge is 0.493 e. The summed E-state index contributed by atoms with van der Waals surface area (Å²) in [5.74, 6) is 0.343. The predicted molar refractivity (Wildman–Crippen MR) is 138 cm³/mol. The lowest BCUT2D eigenvalue weighted by molar-refractivity contribution is -0.128. The lowest BCUT2D eigenvalue weighted by Crippen LogP contribution is -2.28. The van der Waals surface area contributed by atoms with Crippen molar-refractivity contribution in [3.05, 3.63) is 70.1 Å². The van der Waals surface area contributed by atoms with Crippen LogP contribution in [0.4, 0.5) is 0 Å². The smallest absolute Gasteiger partial charge is 0.349 e. The second kappa shape index (κ2) is 13.1. The molecule has 1 aromatic heterocycles. The van der Waals surface area contributed by atoms with Gasteiger partial charge in [-0.3, -0.25) is 4.79 Å². The lowest BCUT2D eigenvalue weighted by Gasteiger charge is -2.11. The van der Waals surface area contributed by atoms with Gasteiger partial charge in [0.15, 0.2) is 11.5 Å². The van der Waals surface area contributed by atoms with E-state index in [4.69, 9.17) is 18.6 Å². The first-order chi connectivity index (χ1) is 17.4. The molecule has 0 fully saturated rings. The van der Waals surface area contributed by atoms with E-state index in [2.05, 4.69) is 12.2 Å². The molecule has 0 aliphatic carbocycles. The Labute approximate surface area is 209 Å². The maximum absolute atomic E-state index is 12.3. The van der Waals surface area contributed by atoms with Crippen LogP contribution in [0.5, 0.6) is 17.2 Å². The number of nitrogens with one attached hydrogen (secondary N) is 1. The molecule has 0 radical (unpaired) electrons. The Morgan fingerprint density at radius 1 is 1.00 bits per heavy atom. The Balaban J connectivity index is 1.66. The van der Waals surface area contributed by atoms with Gasteiger partial charge in [0.2, 0.25) is 0 Å². The van der Waals surface area contributed by atoms with Gasteiger partial charge in [0.05, 0.1) is 13.7 Å². The van der Waals surface area contributed by atoms with Crippen LogP contribution < -0.4 is 25.2 Å². The first kappa shape index (κ1) is 26.5. The Kier molecular flexibility index (Phi) is 9.68. The molecule has 8 heteroatoms. The molecule has 190 valence electrons. The van der Waals surface area contributed by atoms with Gasteiger partial charge in [-0.05, 0) is 54.8 Å². The molecule has 1 amide bonds. The third-order valence-corrected chi connectivity index (χ3v) is 5.31. The molecule has 1 N–H and O–H groups in total. The number of hydrogen-bond acceptors (Lipinski definition) is 7. The zero-order valence-electron chi connectivity index (χ0n) is 20.8. The number of fused-ring (bicyclic) bond motifs is 1. The lowest BCUT2D eigenvalue weighted by atomic mass is 10.1. The van der Waals surface area contributed by atoms with Gasteiger partial charge in [0, 0.05) is 24.1 Å². The van der Waals surface area contributed by atoms with Crippen LogP contribution in [0.15, 0.2) is 57.8 Å². The van der Waals surface area contributed by atoms with E-state index in [0.29, 0.717) is 30.0 Å². The Morgan fingerprint density at radius 2 is 1.83 bits per heavy atom. The molecule has 0 saturated heterocycles. The van der Waals surface area contributed by atoms with Gasteiger partial charge in [0.1, 0.15) is 16.9 Å². The molecule has 2 aromatic carbocycles. The standard InChI is InChI=1S/C28H31NO7/c1-4-6-7-15-34-23-12-8-19(16-25(23)33-3)9-13-26(30)35-21-11-10-20-17-22(27(31)29-14-5-2)28(32)36-24(20)18-21/h8-13,16-18H,4-7,14-15H2,1-3H3,(H,29,31)/b13-9+. The van der Waals surface area contributed by atoms with Crippen LogP contribution in [0.25, 0.3) is 17.0 Å². The number of carbonyl (C=O) groups excluding carboxylic acids is 2. The minimum absolute atomic E-state index is 0.0727. The highest BCUT2D eigenvalue weighted by atomic mass is 16.5. The van der Waals surface area contributed by atoms with Gasteiger partial charge in [-0.15, -0.1) is 0 Å². The number of amides is 1. The van der Waals surface area contributed by atoms with E-state index in [9.17, 15) is 14.4 Å². The molecule has 0 aliphatic rings. The van der Waals surface area contributed by atoms with E-state index >= 15 is 0 Å². The molecular formula is C28H31NO7. The Morgan fingerprint density at radius 3 is 2.58 bits per heavy atom. The summed E-state index contributed by atoms with van der Waals surface area (Å²) >= 11 is 0. The van der Waals surface area contributed by atoms with Crippen LogP contribution in [0.2, 0.25) is 0 Å². The molecule has 3 rings (SSSR count). The molecule has 0 bridgehead atoms. The summed E-state index contributed by atoms with van der Waals surface area (Å²) in [6.07, 6.45) is 6.84. The predicted octanol–water partition coefficient (Wildman–Crippen LogP) is 5.13. The van der Waals surface area contributed by atoms with Crippen molar-refractivity contribution < 1.29 is 28.2 Å². The molecule has 0 aliphatic heterocycles. The number of unbranched alkanes of at least 4 members (excludes halogenated alkanes) is 2. The number of esters is 1. The average molecular weight is 494 g/mol. The molecule has 0 saturated carbocycles. The summed E-state index contributed by atoms with van der Waals surface area (Å²) in [4.78, 5) is 36.7. The quantitative estimate of drug-likeness (QED) is 0.123. The van der Waals surface area contributed by atoms with Crippen LogP contribution >= 0.6 is 0 Å². The zero-order chi connectivity index (χ0) is 25.9. The third-order valence-electron chi connectivity index (χ3n) is 5.31. The number of benzene rings is 2. The van der Waals surface area contributed by atoms with Crippen LogP contribution in [0.1, 0.15) is 55.5 Å². The fourth-order valence-corrected chi connectivity index (χ4v) is 3.40. The van der Waals surface area contributed by atoms with Crippen molar-refractivity contribution in [2.45, 2.75) is 39.5 Å².